The van der Waals surface area contributed by atoms with Crippen LogP contribution in [0.5, 0.6) is 0 Å². The van der Waals surface area contributed by atoms with Gasteiger partial charge in [0.05, 0.1) is 18.3 Å². The summed E-state index contributed by atoms with van der Waals surface area (Å²) in [5.41, 5.74) is 7.61. The van der Waals surface area contributed by atoms with E-state index in [2.05, 4.69) is 102 Å². The molecule has 0 radical (unpaired) electrons. The second-order valence-corrected chi connectivity index (χ2v) is 28.0. The van der Waals surface area contributed by atoms with E-state index in [4.69, 9.17) is 15.4 Å². The van der Waals surface area contributed by atoms with Gasteiger partial charge in [0.15, 0.2) is 0 Å². The Labute approximate surface area is 276 Å². The maximum Gasteiger partial charge on any atom is 0.201 e. The zero-order chi connectivity index (χ0) is 33.4. The van der Waals surface area contributed by atoms with Crippen LogP contribution in [0.2, 0.25) is 33.2 Å². The molecule has 0 heterocycles. The lowest BCUT2D eigenvalue weighted by molar-refractivity contribution is 0.0302. The first-order valence-electron chi connectivity index (χ1n) is 18.5. The second kappa shape index (κ2) is 14.7. The zero-order valence-electron chi connectivity index (χ0n) is 31.4. The van der Waals surface area contributed by atoms with Crippen LogP contribution < -0.4 is 0 Å². The molecule has 0 spiro atoms. The van der Waals surface area contributed by atoms with Crippen LogP contribution in [0.1, 0.15) is 142 Å². The summed E-state index contributed by atoms with van der Waals surface area (Å²) >= 11 is 0. The molecular formula is C39H72O3Si2. The van der Waals surface area contributed by atoms with Crippen molar-refractivity contribution in [1.29, 1.82) is 0 Å². The van der Waals surface area contributed by atoms with E-state index in [9.17, 15) is 5.11 Å². The molecule has 3 aliphatic carbocycles. The highest BCUT2D eigenvalue weighted by molar-refractivity contribution is 6.78. The Morgan fingerprint density at radius 1 is 0.773 bits per heavy atom. The van der Waals surface area contributed by atoms with E-state index in [0.29, 0.717) is 45.1 Å². The summed E-state index contributed by atoms with van der Waals surface area (Å²) in [5, 5.41) is 10.6. The molecule has 0 aliphatic heterocycles. The van der Waals surface area contributed by atoms with Gasteiger partial charge in [-0.2, -0.15) is 0 Å². The summed E-state index contributed by atoms with van der Waals surface area (Å²) in [4.78, 5) is 0. The van der Waals surface area contributed by atoms with E-state index in [1.165, 1.54) is 36.8 Å². The SMILES string of the molecule is C=C1/C(=C/C=C2CCC[C@]3(C)[C@@H](C(C)O)CC[C@@H]23)CC(O[Si](C(C)C)(C(C)C)C(C)C)C[C@@H]1O[Si](C(C)C)(C(C)C)C(C)C. The van der Waals surface area contributed by atoms with Crippen molar-refractivity contribution in [2.45, 2.75) is 193 Å². The molecule has 254 valence electrons. The largest absolute Gasteiger partial charge is 0.413 e. The topological polar surface area (TPSA) is 38.7 Å². The molecule has 0 aromatic carbocycles. The molecule has 2 unspecified atom stereocenters. The molecule has 0 aromatic heterocycles. The molecule has 0 amide bonds. The number of allylic oxidation sites excluding steroid dienone is 3. The summed E-state index contributed by atoms with van der Waals surface area (Å²) in [5.74, 6) is 0.987. The average Bonchev–Trinajstić information content (AvgIpc) is 3.27. The van der Waals surface area contributed by atoms with Gasteiger partial charge in [0.25, 0.3) is 0 Å². The third-order valence-corrected chi connectivity index (χ3v) is 25.2. The zero-order valence-corrected chi connectivity index (χ0v) is 33.4. The van der Waals surface area contributed by atoms with E-state index < -0.39 is 16.6 Å². The van der Waals surface area contributed by atoms with E-state index >= 15 is 0 Å². The molecule has 3 rings (SSSR count). The standard InChI is InChI=1S/C39H72O3Si2/c1-25(2)43(26(3)4,27(5)6)41-35-23-34(31(13)38(24-35)42-44(28(7)8,29(9)10)30(11)12)19-18-33-17-16-22-39(15)36(32(14)40)20-21-37(33)39/h18-19,25-30,32,35-38,40H,13,16-17,20-24H2,1-12,14-15H3/b33-18?,34-19+/t32?,35?,36-,37+,38+,39-/m1/s1. The molecule has 5 heteroatoms. The fraction of sp³-hybridized carbons (Fsp3) is 0.846. The van der Waals surface area contributed by atoms with Crippen LogP contribution in [-0.4, -0.2) is 40.1 Å². The van der Waals surface area contributed by atoms with Crippen molar-refractivity contribution in [3.63, 3.8) is 0 Å². The Hall–Kier alpha value is -0.466. The third-order valence-electron chi connectivity index (χ3n) is 13.0. The van der Waals surface area contributed by atoms with Crippen LogP contribution >= 0.6 is 0 Å². The monoisotopic (exact) mass is 645 g/mol. The van der Waals surface area contributed by atoms with Crippen molar-refractivity contribution in [2.24, 2.45) is 17.3 Å². The molecule has 3 saturated carbocycles. The van der Waals surface area contributed by atoms with E-state index in [1.54, 1.807) is 5.57 Å². The minimum Gasteiger partial charge on any atom is -0.413 e. The lowest BCUT2D eigenvalue weighted by Crippen LogP contribution is -2.54. The molecule has 6 atom stereocenters. The van der Waals surface area contributed by atoms with Gasteiger partial charge in [0, 0.05) is 6.42 Å². The minimum atomic E-state index is -2.11. The Morgan fingerprint density at radius 2 is 1.27 bits per heavy atom. The normalized spacial score (nSPS) is 31.5. The summed E-state index contributed by atoms with van der Waals surface area (Å²) in [6.45, 7) is 38.0. The predicted octanol–water partition coefficient (Wildman–Crippen LogP) is 11.9. The van der Waals surface area contributed by atoms with Gasteiger partial charge in [-0.1, -0.05) is 114 Å². The molecule has 3 nitrogen and oxygen atoms in total. The van der Waals surface area contributed by atoms with Crippen molar-refractivity contribution in [2.75, 3.05) is 0 Å². The second-order valence-electron chi connectivity index (χ2n) is 17.2. The van der Waals surface area contributed by atoms with Gasteiger partial charge < -0.3 is 14.0 Å². The minimum absolute atomic E-state index is 0.0122. The van der Waals surface area contributed by atoms with E-state index in [1.807, 2.05) is 6.92 Å². The molecule has 3 aliphatic rings. The Morgan fingerprint density at radius 3 is 1.75 bits per heavy atom. The molecule has 44 heavy (non-hydrogen) atoms. The number of hydrogen-bond acceptors (Lipinski definition) is 3. The van der Waals surface area contributed by atoms with Crippen molar-refractivity contribution in [1.82, 2.24) is 0 Å². The van der Waals surface area contributed by atoms with Crippen LogP contribution in [0.15, 0.2) is 35.5 Å². The van der Waals surface area contributed by atoms with E-state index in [-0.39, 0.29) is 23.7 Å². The number of aliphatic hydroxyl groups is 1. The first-order valence-corrected chi connectivity index (χ1v) is 22.8. The van der Waals surface area contributed by atoms with Crippen LogP contribution in [0, 0.1) is 17.3 Å². The fourth-order valence-corrected chi connectivity index (χ4v) is 22.2. The molecule has 0 aromatic rings. The highest BCUT2D eigenvalue weighted by Gasteiger charge is 2.52. The van der Waals surface area contributed by atoms with Crippen molar-refractivity contribution in [3.05, 3.63) is 35.5 Å². The maximum atomic E-state index is 10.6. The lowest BCUT2D eigenvalue weighted by Gasteiger charge is -2.49. The maximum absolute atomic E-state index is 10.6. The summed E-state index contributed by atoms with van der Waals surface area (Å²) in [7, 11) is -4.17. The van der Waals surface area contributed by atoms with Crippen LogP contribution in [0.3, 0.4) is 0 Å². The first-order chi connectivity index (χ1) is 20.4. The van der Waals surface area contributed by atoms with Gasteiger partial charge in [0.2, 0.25) is 16.6 Å². The fourth-order valence-electron chi connectivity index (χ4n) is 11.1. The van der Waals surface area contributed by atoms with Crippen molar-refractivity contribution in [3.8, 4) is 0 Å². The molecule has 0 bridgehead atoms. The smallest absolute Gasteiger partial charge is 0.201 e. The number of aliphatic hydroxyl groups excluding tert-OH is 1. The van der Waals surface area contributed by atoms with Gasteiger partial charge in [-0.05, 0) is 107 Å². The van der Waals surface area contributed by atoms with Crippen molar-refractivity contribution < 1.29 is 14.0 Å². The molecule has 0 saturated heterocycles. The first kappa shape index (κ1) is 38.0. The van der Waals surface area contributed by atoms with Crippen LogP contribution in [-0.2, 0) is 8.85 Å². The lowest BCUT2D eigenvalue weighted by atomic mass is 9.62. The highest BCUT2D eigenvalue weighted by Crippen LogP contribution is 2.58. The quantitative estimate of drug-likeness (QED) is 0.215. The van der Waals surface area contributed by atoms with Gasteiger partial charge in [-0.25, -0.2) is 0 Å². The number of hydrogen-bond donors (Lipinski definition) is 1. The number of fused-ring (bicyclic) bond motifs is 1. The van der Waals surface area contributed by atoms with Gasteiger partial charge in [0.1, 0.15) is 0 Å². The van der Waals surface area contributed by atoms with Crippen molar-refractivity contribution >= 4 is 16.6 Å². The van der Waals surface area contributed by atoms with Crippen LogP contribution in [0.4, 0.5) is 0 Å². The summed E-state index contributed by atoms with van der Waals surface area (Å²) in [6, 6.07) is 0. The van der Waals surface area contributed by atoms with E-state index in [0.717, 1.165) is 19.3 Å². The average molecular weight is 645 g/mol. The molecule has 1 N–H and O–H groups in total. The van der Waals surface area contributed by atoms with Gasteiger partial charge >= 0.3 is 0 Å². The number of rotatable bonds is 12. The Balaban J connectivity index is 2.06. The summed E-state index contributed by atoms with van der Waals surface area (Å²) in [6.07, 6.45) is 12.7. The molecule has 3 fully saturated rings. The predicted molar refractivity (Wildman–Crippen MR) is 196 cm³/mol. The Bertz CT molecular complexity index is 992. The summed E-state index contributed by atoms with van der Waals surface area (Å²) < 4.78 is 15.1. The molecular weight excluding hydrogens is 573 g/mol. The highest BCUT2D eigenvalue weighted by atomic mass is 28.4. The third kappa shape index (κ3) is 7.03. The Kier molecular flexibility index (Phi) is 12.7. The van der Waals surface area contributed by atoms with Gasteiger partial charge in [-0.3, -0.25) is 0 Å². The van der Waals surface area contributed by atoms with Crippen LogP contribution in [0.25, 0.3) is 0 Å². The van der Waals surface area contributed by atoms with Gasteiger partial charge in [-0.15, -0.1) is 0 Å².